The van der Waals surface area contributed by atoms with Gasteiger partial charge in [-0.05, 0) is 5.92 Å². The minimum Gasteiger partial charge on any atom is -0.436 e. The molecule has 4 nitrogen and oxygen atoms in total. The van der Waals surface area contributed by atoms with Gasteiger partial charge in [-0.15, -0.1) is 0 Å². The van der Waals surface area contributed by atoms with Gasteiger partial charge in [0, 0.05) is 19.8 Å². The van der Waals surface area contributed by atoms with Crippen molar-refractivity contribution in [2.24, 2.45) is 5.92 Å². The topological polar surface area (TPSA) is 63.6 Å². The molecule has 4 heteroatoms. The second kappa shape index (κ2) is 5.71. The quantitative estimate of drug-likeness (QED) is 0.374. The number of carbonyl (C=O) groups excluding carboxylic acids is 2. The maximum Gasteiger partial charge on any atom is 0.304 e. The van der Waals surface area contributed by atoms with Crippen molar-refractivity contribution in [3.63, 3.8) is 0 Å². The number of rotatable bonds is 5. The van der Waals surface area contributed by atoms with Gasteiger partial charge in [-0.3, -0.25) is 4.79 Å². The summed E-state index contributed by atoms with van der Waals surface area (Å²) < 4.78 is 4.47. The van der Waals surface area contributed by atoms with E-state index in [-0.39, 0.29) is 5.92 Å². The van der Waals surface area contributed by atoms with Gasteiger partial charge < -0.3 is 14.6 Å². The summed E-state index contributed by atoms with van der Waals surface area (Å²) in [5.41, 5.74) is 0. The van der Waals surface area contributed by atoms with Crippen molar-refractivity contribution in [2.45, 2.75) is 33.0 Å². The molecule has 0 bridgehead atoms. The third-order valence-electron chi connectivity index (χ3n) is 1.40. The lowest BCUT2D eigenvalue weighted by molar-refractivity contribution is -0.167. The molecule has 0 spiro atoms. The summed E-state index contributed by atoms with van der Waals surface area (Å²) in [5.74, 6) is -0.474. The lowest BCUT2D eigenvalue weighted by Crippen LogP contribution is -2.18. The third kappa shape index (κ3) is 5.85. The fourth-order valence-corrected chi connectivity index (χ4v) is 0.844. The Morgan fingerprint density at radius 2 is 2.25 bits per heavy atom. The van der Waals surface area contributed by atoms with Crippen LogP contribution in [0.15, 0.2) is 0 Å². The van der Waals surface area contributed by atoms with Gasteiger partial charge in [0.05, 0.1) is 0 Å². The largest absolute Gasteiger partial charge is 0.436 e. The van der Waals surface area contributed by atoms with E-state index in [0.717, 1.165) is 6.29 Å². The van der Waals surface area contributed by atoms with E-state index < -0.39 is 12.3 Å². The summed E-state index contributed by atoms with van der Waals surface area (Å²) in [7, 11) is 0. The Balaban J connectivity index is 3.59. The first-order chi connectivity index (χ1) is 5.56. The zero-order chi connectivity index (χ0) is 9.56. The highest BCUT2D eigenvalue weighted by atomic mass is 16.6. The number of hydrogen-bond donors (Lipinski definition) is 1. The van der Waals surface area contributed by atoms with Gasteiger partial charge in [-0.1, -0.05) is 6.92 Å². The zero-order valence-electron chi connectivity index (χ0n) is 7.32. The Kier molecular flexibility index (Phi) is 5.28. The summed E-state index contributed by atoms with van der Waals surface area (Å²) in [6.07, 6.45) is 0.374. The second-order valence-corrected chi connectivity index (χ2v) is 2.81. The molecular formula is C8H14O4. The molecule has 0 rings (SSSR count). The first-order valence-corrected chi connectivity index (χ1v) is 3.85. The number of aliphatic hydroxyl groups excluding tert-OH is 1. The van der Waals surface area contributed by atoms with Crippen LogP contribution in [0.2, 0.25) is 0 Å². The van der Waals surface area contributed by atoms with Crippen LogP contribution in [0.1, 0.15) is 26.7 Å². The van der Waals surface area contributed by atoms with Gasteiger partial charge in [0.15, 0.2) is 0 Å². The summed E-state index contributed by atoms with van der Waals surface area (Å²) in [6.45, 7) is 3.04. The van der Waals surface area contributed by atoms with Crippen LogP contribution in [0.4, 0.5) is 0 Å². The molecule has 70 valence electrons. The lowest BCUT2D eigenvalue weighted by Gasteiger charge is -2.13. The van der Waals surface area contributed by atoms with Crippen molar-refractivity contribution in [2.75, 3.05) is 0 Å². The minimum atomic E-state index is -1.09. The number of ether oxygens (including phenoxy) is 1. The molecule has 0 radical (unpaired) electrons. The van der Waals surface area contributed by atoms with E-state index in [0.29, 0.717) is 12.8 Å². The van der Waals surface area contributed by atoms with E-state index >= 15 is 0 Å². The second-order valence-electron chi connectivity index (χ2n) is 2.81. The van der Waals surface area contributed by atoms with Crippen molar-refractivity contribution >= 4 is 12.3 Å². The van der Waals surface area contributed by atoms with Crippen molar-refractivity contribution in [1.29, 1.82) is 0 Å². The molecule has 1 N–H and O–H groups in total. The standard InChI is InChI=1S/C8H14O4/c1-6(3-4-9)5-8(11)12-7(2)10/h4,6,8,11H,3,5H2,1-2H3. The Labute approximate surface area is 71.5 Å². The van der Waals surface area contributed by atoms with Gasteiger partial charge in [0.1, 0.15) is 6.29 Å². The highest BCUT2D eigenvalue weighted by molar-refractivity contribution is 5.66. The maximum atomic E-state index is 10.3. The van der Waals surface area contributed by atoms with Crippen LogP contribution in [0.25, 0.3) is 0 Å². The number of hydrogen-bond acceptors (Lipinski definition) is 4. The van der Waals surface area contributed by atoms with Crippen LogP contribution in [0, 0.1) is 5.92 Å². The molecule has 0 fully saturated rings. The molecule has 0 saturated heterocycles. The van der Waals surface area contributed by atoms with Gasteiger partial charge in [0.25, 0.3) is 0 Å². The van der Waals surface area contributed by atoms with Crippen LogP contribution in [0.3, 0.4) is 0 Å². The van der Waals surface area contributed by atoms with Gasteiger partial charge >= 0.3 is 5.97 Å². The average Bonchev–Trinajstić information content (AvgIpc) is 1.84. The van der Waals surface area contributed by atoms with E-state index in [1.807, 2.05) is 0 Å². The van der Waals surface area contributed by atoms with E-state index in [4.69, 9.17) is 5.11 Å². The van der Waals surface area contributed by atoms with Crippen molar-refractivity contribution in [3.8, 4) is 0 Å². The Morgan fingerprint density at radius 3 is 2.67 bits per heavy atom. The first kappa shape index (κ1) is 11.1. The number of carbonyl (C=O) groups is 2. The molecule has 0 saturated carbocycles. The molecule has 2 unspecified atom stereocenters. The van der Waals surface area contributed by atoms with E-state index in [1.165, 1.54) is 6.92 Å². The average molecular weight is 174 g/mol. The first-order valence-electron chi connectivity index (χ1n) is 3.85. The molecule has 0 amide bonds. The molecule has 0 aliphatic carbocycles. The molecule has 0 aromatic carbocycles. The van der Waals surface area contributed by atoms with Crippen molar-refractivity contribution < 1.29 is 19.4 Å². The molecule has 0 aromatic heterocycles. The van der Waals surface area contributed by atoms with Crippen LogP contribution in [-0.4, -0.2) is 23.7 Å². The van der Waals surface area contributed by atoms with E-state index in [1.54, 1.807) is 6.92 Å². The summed E-state index contributed by atoms with van der Waals surface area (Å²) in [4.78, 5) is 20.4. The predicted octanol–water partition coefficient (Wildman–Crippen LogP) is 0.483. The molecule has 0 aliphatic rings. The molecular weight excluding hydrogens is 160 g/mol. The van der Waals surface area contributed by atoms with Crippen LogP contribution < -0.4 is 0 Å². The fraction of sp³-hybridized carbons (Fsp3) is 0.750. The highest BCUT2D eigenvalue weighted by Crippen LogP contribution is 2.09. The Morgan fingerprint density at radius 1 is 1.67 bits per heavy atom. The van der Waals surface area contributed by atoms with Crippen molar-refractivity contribution in [3.05, 3.63) is 0 Å². The van der Waals surface area contributed by atoms with E-state index in [2.05, 4.69) is 4.74 Å². The van der Waals surface area contributed by atoms with Crippen molar-refractivity contribution in [1.82, 2.24) is 0 Å². The molecule has 0 aliphatic heterocycles. The summed E-state index contributed by atoms with van der Waals surface area (Å²) >= 11 is 0. The maximum absolute atomic E-state index is 10.3. The number of aldehydes is 1. The molecule has 12 heavy (non-hydrogen) atoms. The summed E-state index contributed by atoms with van der Waals surface area (Å²) in [6, 6.07) is 0. The fourth-order valence-electron chi connectivity index (χ4n) is 0.844. The molecule has 2 atom stereocenters. The van der Waals surface area contributed by atoms with Crippen LogP contribution in [-0.2, 0) is 14.3 Å². The Hall–Kier alpha value is -0.900. The van der Waals surface area contributed by atoms with Gasteiger partial charge in [0.2, 0.25) is 6.29 Å². The number of aliphatic hydroxyl groups is 1. The summed E-state index contributed by atoms with van der Waals surface area (Å²) in [5, 5.41) is 9.06. The van der Waals surface area contributed by atoms with Crippen LogP contribution >= 0.6 is 0 Å². The zero-order valence-corrected chi connectivity index (χ0v) is 7.32. The lowest BCUT2D eigenvalue weighted by atomic mass is 10.1. The van der Waals surface area contributed by atoms with Gasteiger partial charge in [-0.2, -0.15) is 0 Å². The SMILES string of the molecule is CC(=O)OC(O)CC(C)CC=O. The van der Waals surface area contributed by atoms with Crippen LogP contribution in [0.5, 0.6) is 0 Å². The normalized spacial score (nSPS) is 14.9. The van der Waals surface area contributed by atoms with Gasteiger partial charge in [-0.25, -0.2) is 0 Å². The minimum absolute atomic E-state index is 0.0387. The predicted molar refractivity (Wildman–Crippen MR) is 42.2 cm³/mol. The number of esters is 1. The molecule has 0 heterocycles. The Bertz CT molecular complexity index is 155. The molecule has 0 aromatic rings. The monoisotopic (exact) mass is 174 g/mol. The smallest absolute Gasteiger partial charge is 0.304 e. The van der Waals surface area contributed by atoms with E-state index in [9.17, 15) is 9.59 Å². The highest BCUT2D eigenvalue weighted by Gasteiger charge is 2.11. The third-order valence-corrected chi connectivity index (χ3v) is 1.40.